The number of aliphatic hydroxyl groups excluding tert-OH is 1. The Morgan fingerprint density at radius 1 is 1.20 bits per heavy atom. The maximum absolute atomic E-state index is 10.3. The first-order valence-corrected chi connectivity index (χ1v) is 8.88. The van der Waals surface area contributed by atoms with E-state index in [4.69, 9.17) is 27.7 Å². The molecule has 136 valence electrons. The lowest BCUT2D eigenvalue weighted by Gasteiger charge is -2.16. The Morgan fingerprint density at radius 2 is 1.92 bits per heavy atom. The third kappa shape index (κ3) is 6.23. The van der Waals surface area contributed by atoms with Crippen molar-refractivity contribution in [2.24, 2.45) is 4.99 Å². The first-order chi connectivity index (χ1) is 12.0. The van der Waals surface area contributed by atoms with Crippen LogP contribution in [0.4, 0.5) is 0 Å². The average molecular weight is 385 g/mol. The standard InChI is InChI=1S/C17H22Cl2N4O2/c1-3-14-8-15(25-23-14)9-21-17(20-4-2)22-10-16(24)11-5-12(18)7-13(19)6-11/h5-8,16,24H,3-4,9-10H2,1-2H3,(H2,20,21,22). The van der Waals surface area contributed by atoms with Gasteiger partial charge in [-0.2, -0.15) is 0 Å². The van der Waals surface area contributed by atoms with E-state index in [1.165, 1.54) is 0 Å². The topological polar surface area (TPSA) is 82.7 Å². The van der Waals surface area contributed by atoms with Crippen LogP contribution < -0.4 is 10.6 Å². The summed E-state index contributed by atoms with van der Waals surface area (Å²) in [6.07, 6.45) is 0.0527. The van der Waals surface area contributed by atoms with Crippen molar-refractivity contribution in [2.75, 3.05) is 13.1 Å². The SMILES string of the molecule is CCNC(=NCc1cc(CC)no1)NCC(O)c1cc(Cl)cc(Cl)c1. The lowest BCUT2D eigenvalue weighted by Crippen LogP contribution is -2.39. The third-order valence-electron chi connectivity index (χ3n) is 3.44. The average Bonchev–Trinajstić information content (AvgIpc) is 3.04. The fraction of sp³-hybridized carbons (Fsp3) is 0.412. The van der Waals surface area contributed by atoms with E-state index < -0.39 is 6.10 Å². The van der Waals surface area contributed by atoms with Gasteiger partial charge in [-0.05, 0) is 37.1 Å². The normalized spacial score (nSPS) is 12.9. The highest BCUT2D eigenvalue weighted by molar-refractivity contribution is 6.34. The molecule has 1 aromatic heterocycles. The second kappa shape index (κ2) is 9.65. The van der Waals surface area contributed by atoms with Gasteiger partial charge in [0.1, 0.15) is 6.54 Å². The van der Waals surface area contributed by atoms with Crippen molar-refractivity contribution >= 4 is 29.2 Å². The van der Waals surface area contributed by atoms with Crippen LogP contribution in [-0.2, 0) is 13.0 Å². The number of hydrogen-bond donors (Lipinski definition) is 3. The van der Waals surface area contributed by atoms with Crippen LogP contribution in [0.2, 0.25) is 10.0 Å². The molecule has 2 aromatic rings. The van der Waals surface area contributed by atoms with Crippen LogP contribution in [0.15, 0.2) is 33.8 Å². The predicted octanol–water partition coefficient (Wildman–Crippen LogP) is 3.33. The first kappa shape index (κ1) is 19.6. The molecule has 0 saturated heterocycles. The third-order valence-corrected chi connectivity index (χ3v) is 3.88. The number of nitrogens with one attached hydrogen (secondary N) is 2. The van der Waals surface area contributed by atoms with Crippen LogP contribution in [0.25, 0.3) is 0 Å². The Kier molecular flexibility index (Phi) is 7.55. The Bertz CT molecular complexity index is 698. The van der Waals surface area contributed by atoms with Crippen LogP contribution in [0.1, 0.15) is 37.0 Å². The molecule has 0 aliphatic carbocycles. The molecule has 0 radical (unpaired) electrons. The van der Waals surface area contributed by atoms with Crippen molar-refractivity contribution in [1.29, 1.82) is 0 Å². The van der Waals surface area contributed by atoms with E-state index in [0.29, 0.717) is 40.4 Å². The number of rotatable bonds is 7. The Balaban J connectivity index is 1.96. The number of benzene rings is 1. The van der Waals surface area contributed by atoms with E-state index in [1.54, 1.807) is 18.2 Å². The van der Waals surface area contributed by atoms with Crippen molar-refractivity contribution in [3.63, 3.8) is 0 Å². The number of aliphatic hydroxyl groups is 1. The number of nitrogens with zero attached hydrogens (tertiary/aromatic N) is 2. The molecule has 1 unspecified atom stereocenters. The van der Waals surface area contributed by atoms with Crippen molar-refractivity contribution < 1.29 is 9.63 Å². The summed E-state index contributed by atoms with van der Waals surface area (Å²) in [6, 6.07) is 6.88. The molecule has 2 rings (SSSR count). The molecule has 6 nitrogen and oxygen atoms in total. The minimum absolute atomic E-state index is 0.263. The quantitative estimate of drug-likeness (QED) is 0.503. The maximum atomic E-state index is 10.3. The fourth-order valence-corrected chi connectivity index (χ4v) is 2.72. The molecule has 0 spiro atoms. The van der Waals surface area contributed by atoms with Crippen LogP contribution in [-0.4, -0.2) is 29.3 Å². The Morgan fingerprint density at radius 3 is 2.52 bits per heavy atom. The molecule has 0 fully saturated rings. The number of hydrogen-bond acceptors (Lipinski definition) is 4. The molecule has 25 heavy (non-hydrogen) atoms. The largest absolute Gasteiger partial charge is 0.387 e. The number of aryl methyl sites for hydroxylation is 1. The number of aromatic nitrogens is 1. The van der Waals surface area contributed by atoms with E-state index in [2.05, 4.69) is 20.8 Å². The number of aliphatic imine (C=N–C) groups is 1. The molecule has 0 amide bonds. The summed E-state index contributed by atoms with van der Waals surface area (Å²) >= 11 is 11.9. The molecule has 0 saturated carbocycles. The second-order valence-corrected chi connectivity index (χ2v) is 6.31. The molecule has 8 heteroatoms. The summed E-state index contributed by atoms with van der Waals surface area (Å²) in [7, 11) is 0. The van der Waals surface area contributed by atoms with Gasteiger partial charge in [-0.15, -0.1) is 0 Å². The molecular weight excluding hydrogens is 363 g/mol. The van der Waals surface area contributed by atoms with E-state index in [1.807, 2.05) is 19.9 Å². The molecule has 3 N–H and O–H groups in total. The molecular formula is C17H22Cl2N4O2. The number of halogens is 2. The predicted molar refractivity (Wildman–Crippen MR) is 100 cm³/mol. The minimum atomic E-state index is -0.767. The van der Waals surface area contributed by atoms with Crippen molar-refractivity contribution in [2.45, 2.75) is 32.9 Å². The van der Waals surface area contributed by atoms with Gasteiger partial charge in [0.15, 0.2) is 11.7 Å². The van der Waals surface area contributed by atoms with E-state index >= 15 is 0 Å². The smallest absolute Gasteiger partial charge is 0.191 e. The minimum Gasteiger partial charge on any atom is -0.387 e. The number of guanidine groups is 1. The second-order valence-electron chi connectivity index (χ2n) is 5.43. The summed E-state index contributed by atoms with van der Waals surface area (Å²) in [5.74, 6) is 1.26. The van der Waals surface area contributed by atoms with Gasteiger partial charge in [0.05, 0.1) is 11.8 Å². The molecule has 1 aromatic carbocycles. The van der Waals surface area contributed by atoms with E-state index in [-0.39, 0.29) is 6.54 Å². The van der Waals surface area contributed by atoms with Crippen molar-refractivity contribution in [3.05, 3.63) is 51.3 Å². The summed E-state index contributed by atoms with van der Waals surface area (Å²) in [5, 5.41) is 21.4. The summed E-state index contributed by atoms with van der Waals surface area (Å²) in [6.45, 7) is 5.30. The highest BCUT2D eigenvalue weighted by Gasteiger charge is 2.11. The van der Waals surface area contributed by atoms with Gasteiger partial charge in [0.2, 0.25) is 0 Å². The van der Waals surface area contributed by atoms with E-state index in [0.717, 1.165) is 12.1 Å². The van der Waals surface area contributed by atoms with Gasteiger partial charge in [0, 0.05) is 29.2 Å². The maximum Gasteiger partial charge on any atom is 0.191 e. The van der Waals surface area contributed by atoms with Crippen LogP contribution in [0, 0.1) is 0 Å². The Hall–Kier alpha value is -1.76. The van der Waals surface area contributed by atoms with E-state index in [9.17, 15) is 5.11 Å². The highest BCUT2D eigenvalue weighted by atomic mass is 35.5. The summed E-state index contributed by atoms with van der Waals surface area (Å²) < 4.78 is 5.21. The molecule has 1 heterocycles. The highest BCUT2D eigenvalue weighted by Crippen LogP contribution is 2.23. The van der Waals surface area contributed by atoms with Crippen molar-refractivity contribution in [1.82, 2.24) is 15.8 Å². The zero-order valence-corrected chi connectivity index (χ0v) is 15.7. The van der Waals surface area contributed by atoms with Gasteiger partial charge >= 0.3 is 0 Å². The summed E-state index contributed by atoms with van der Waals surface area (Å²) in [5.41, 5.74) is 1.54. The van der Waals surface area contributed by atoms with Crippen LogP contribution in [0.5, 0.6) is 0 Å². The van der Waals surface area contributed by atoms with Gasteiger partial charge in [-0.25, -0.2) is 4.99 Å². The van der Waals surface area contributed by atoms with Gasteiger partial charge in [-0.1, -0.05) is 35.3 Å². The molecule has 0 aliphatic rings. The summed E-state index contributed by atoms with van der Waals surface area (Å²) in [4.78, 5) is 4.43. The lowest BCUT2D eigenvalue weighted by atomic mass is 10.1. The lowest BCUT2D eigenvalue weighted by molar-refractivity contribution is 0.181. The molecule has 1 atom stereocenters. The molecule has 0 aliphatic heterocycles. The van der Waals surface area contributed by atoms with Crippen molar-refractivity contribution in [3.8, 4) is 0 Å². The monoisotopic (exact) mass is 384 g/mol. The van der Waals surface area contributed by atoms with Gasteiger partial charge in [-0.3, -0.25) is 0 Å². The first-order valence-electron chi connectivity index (χ1n) is 8.12. The van der Waals surface area contributed by atoms with Gasteiger partial charge in [0.25, 0.3) is 0 Å². The zero-order valence-electron chi connectivity index (χ0n) is 14.2. The van der Waals surface area contributed by atoms with Gasteiger partial charge < -0.3 is 20.3 Å². The fourth-order valence-electron chi connectivity index (χ4n) is 2.17. The van der Waals surface area contributed by atoms with Crippen LogP contribution >= 0.6 is 23.2 Å². The molecule has 0 bridgehead atoms. The zero-order chi connectivity index (χ0) is 18.2. The Labute approximate surface area is 157 Å². The van der Waals surface area contributed by atoms with Crippen LogP contribution in [0.3, 0.4) is 0 Å².